The zero-order chi connectivity index (χ0) is 17.0. The summed E-state index contributed by atoms with van der Waals surface area (Å²) in [5.74, 6) is -1.62. The summed E-state index contributed by atoms with van der Waals surface area (Å²) in [5, 5.41) is 4.90. The summed E-state index contributed by atoms with van der Waals surface area (Å²) in [6, 6.07) is 2.47. The van der Waals surface area contributed by atoms with Crippen molar-refractivity contribution in [1.82, 2.24) is 4.90 Å². The van der Waals surface area contributed by atoms with Gasteiger partial charge in [0, 0.05) is 12.2 Å². The molecule has 2 rings (SSSR count). The average Bonchev–Trinajstić information content (AvgIpc) is 3.00. The maximum Gasteiger partial charge on any atom is 0.315 e. The first-order valence-corrected chi connectivity index (χ1v) is 7.02. The number of anilines is 2. The number of benzene rings is 1. The molecule has 1 aliphatic rings. The van der Waals surface area contributed by atoms with Gasteiger partial charge in [-0.2, -0.15) is 0 Å². The van der Waals surface area contributed by atoms with Crippen LogP contribution in [0.2, 0.25) is 0 Å². The molecular formula is C15H17FN4O3. The van der Waals surface area contributed by atoms with Gasteiger partial charge in [0.15, 0.2) is 0 Å². The van der Waals surface area contributed by atoms with E-state index < -0.39 is 29.7 Å². The third kappa shape index (κ3) is 3.85. The molecule has 0 unspecified atom stereocenters. The van der Waals surface area contributed by atoms with E-state index in [4.69, 9.17) is 5.73 Å². The number of nitrogens with zero attached hydrogens (tertiary/aromatic N) is 1. The van der Waals surface area contributed by atoms with Crippen LogP contribution in [-0.2, 0) is 9.59 Å². The van der Waals surface area contributed by atoms with Crippen LogP contribution in [0.5, 0.6) is 0 Å². The zero-order valence-corrected chi connectivity index (χ0v) is 12.3. The Morgan fingerprint density at radius 2 is 2.09 bits per heavy atom. The van der Waals surface area contributed by atoms with Crippen LogP contribution >= 0.6 is 0 Å². The lowest BCUT2D eigenvalue weighted by Crippen LogP contribution is -2.45. The van der Waals surface area contributed by atoms with Crippen molar-refractivity contribution in [1.29, 1.82) is 0 Å². The first kappa shape index (κ1) is 16.5. The fraction of sp³-hybridized carbons (Fsp3) is 0.267. The molecule has 0 saturated carbocycles. The largest absolute Gasteiger partial charge is 0.351 e. The number of carbonyl (C=O) groups is 3. The van der Waals surface area contributed by atoms with Gasteiger partial charge < -0.3 is 21.3 Å². The first-order chi connectivity index (χ1) is 10.9. The Bertz CT molecular complexity index is 662. The van der Waals surface area contributed by atoms with E-state index in [2.05, 4.69) is 17.2 Å². The van der Waals surface area contributed by atoms with Crippen LogP contribution in [0, 0.1) is 5.82 Å². The molecule has 23 heavy (non-hydrogen) atoms. The Balaban J connectivity index is 2.12. The van der Waals surface area contributed by atoms with Crippen molar-refractivity contribution in [3.8, 4) is 0 Å². The number of primary amides is 1. The van der Waals surface area contributed by atoms with E-state index in [9.17, 15) is 18.8 Å². The molecule has 1 aromatic rings. The van der Waals surface area contributed by atoms with Crippen LogP contribution in [0.4, 0.5) is 20.6 Å². The Morgan fingerprint density at radius 1 is 1.35 bits per heavy atom. The number of hydrogen-bond acceptors (Lipinski definition) is 3. The lowest BCUT2D eigenvalue weighted by Gasteiger charge is -2.21. The monoisotopic (exact) mass is 320 g/mol. The second kappa shape index (κ2) is 6.91. The molecule has 0 spiro atoms. The van der Waals surface area contributed by atoms with Gasteiger partial charge in [0.05, 0.1) is 5.69 Å². The van der Waals surface area contributed by atoms with Crippen LogP contribution in [0.25, 0.3) is 0 Å². The van der Waals surface area contributed by atoms with E-state index >= 15 is 0 Å². The predicted octanol–water partition coefficient (Wildman–Crippen LogP) is 1.43. The molecule has 4 amide bonds. The molecule has 1 saturated heterocycles. The summed E-state index contributed by atoms with van der Waals surface area (Å²) in [4.78, 5) is 36.1. The number of nitrogens with one attached hydrogen (secondary N) is 2. The summed E-state index contributed by atoms with van der Waals surface area (Å²) < 4.78 is 13.6. The van der Waals surface area contributed by atoms with Gasteiger partial charge in [-0.15, -0.1) is 0 Å². The maximum absolute atomic E-state index is 13.6. The SMILES string of the molecule is C=CC(=O)Nc1cc(NC(=O)[C@@H]2CCCN2C(N)=O)ccc1F. The van der Waals surface area contributed by atoms with E-state index in [0.29, 0.717) is 25.1 Å². The highest BCUT2D eigenvalue weighted by molar-refractivity contribution is 6.00. The third-order valence-electron chi connectivity index (χ3n) is 3.52. The molecular weight excluding hydrogens is 303 g/mol. The molecule has 1 heterocycles. The van der Waals surface area contributed by atoms with Crippen molar-refractivity contribution >= 4 is 29.2 Å². The zero-order valence-electron chi connectivity index (χ0n) is 12.3. The lowest BCUT2D eigenvalue weighted by atomic mass is 10.2. The molecule has 1 fully saturated rings. The highest BCUT2D eigenvalue weighted by atomic mass is 19.1. The van der Waals surface area contributed by atoms with Crippen molar-refractivity contribution in [3.63, 3.8) is 0 Å². The number of amides is 4. The van der Waals surface area contributed by atoms with Crippen LogP contribution in [0.1, 0.15) is 12.8 Å². The standard InChI is InChI=1S/C15H17FN4O3/c1-2-13(21)19-11-8-9(5-6-10(11)16)18-14(22)12-4-3-7-20(12)15(17)23/h2,5-6,8,12H,1,3-4,7H2,(H2,17,23)(H,18,22)(H,19,21)/t12-/m0/s1. The fourth-order valence-corrected chi connectivity index (χ4v) is 2.41. The van der Waals surface area contributed by atoms with E-state index in [1.54, 1.807) is 0 Å². The number of urea groups is 1. The maximum atomic E-state index is 13.6. The van der Waals surface area contributed by atoms with Gasteiger partial charge in [-0.3, -0.25) is 9.59 Å². The van der Waals surface area contributed by atoms with Gasteiger partial charge >= 0.3 is 6.03 Å². The molecule has 0 bridgehead atoms. The lowest BCUT2D eigenvalue weighted by molar-refractivity contribution is -0.119. The average molecular weight is 320 g/mol. The highest BCUT2D eigenvalue weighted by Crippen LogP contribution is 2.22. The summed E-state index contributed by atoms with van der Waals surface area (Å²) in [7, 11) is 0. The topological polar surface area (TPSA) is 105 Å². The first-order valence-electron chi connectivity index (χ1n) is 7.02. The molecule has 0 radical (unpaired) electrons. The molecule has 1 atom stereocenters. The predicted molar refractivity (Wildman–Crippen MR) is 83.2 cm³/mol. The normalized spacial score (nSPS) is 16.7. The van der Waals surface area contributed by atoms with Crippen molar-refractivity contribution < 1.29 is 18.8 Å². The van der Waals surface area contributed by atoms with E-state index in [0.717, 1.165) is 12.1 Å². The van der Waals surface area contributed by atoms with Crippen molar-refractivity contribution in [2.75, 3.05) is 17.2 Å². The smallest absolute Gasteiger partial charge is 0.315 e. The van der Waals surface area contributed by atoms with Crippen LogP contribution in [0.3, 0.4) is 0 Å². The number of carbonyl (C=O) groups excluding carboxylic acids is 3. The number of hydrogen-bond donors (Lipinski definition) is 3. The number of likely N-dealkylation sites (tertiary alicyclic amines) is 1. The number of halogens is 1. The minimum Gasteiger partial charge on any atom is -0.351 e. The summed E-state index contributed by atoms with van der Waals surface area (Å²) in [6.07, 6.45) is 2.20. The van der Waals surface area contributed by atoms with E-state index in [1.807, 2.05) is 0 Å². The third-order valence-corrected chi connectivity index (χ3v) is 3.52. The van der Waals surface area contributed by atoms with E-state index in [1.165, 1.54) is 17.0 Å². The molecule has 0 aliphatic carbocycles. The van der Waals surface area contributed by atoms with E-state index in [-0.39, 0.29) is 5.69 Å². The number of nitrogens with two attached hydrogens (primary N) is 1. The Morgan fingerprint density at radius 3 is 2.74 bits per heavy atom. The van der Waals surface area contributed by atoms with Gasteiger partial charge in [-0.1, -0.05) is 6.58 Å². The molecule has 1 aromatic carbocycles. The Labute approximate surface area is 132 Å². The molecule has 8 heteroatoms. The van der Waals surface area contributed by atoms with Crippen molar-refractivity contribution in [2.45, 2.75) is 18.9 Å². The summed E-state index contributed by atoms with van der Waals surface area (Å²) >= 11 is 0. The minimum absolute atomic E-state index is 0.0779. The van der Waals surface area contributed by atoms with Crippen LogP contribution < -0.4 is 16.4 Å². The molecule has 7 nitrogen and oxygen atoms in total. The second-order valence-corrected chi connectivity index (χ2v) is 5.07. The van der Waals surface area contributed by atoms with Gasteiger partial charge in [0.25, 0.3) is 0 Å². The van der Waals surface area contributed by atoms with Gasteiger partial charge in [-0.05, 0) is 37.1 Å². The van der Waals surface area contributed by atoms with Crippen molar-refractivity contribution in [3.05, 3.63) is 36.7 Å². The minimum atomic E-state index is -0.652. The van der Waals surface area contributed by atoms with Crippen molar-refractivity contribution in [2.24, 2.45) is 5.73 Å². The van der Waals surface area contributed by atoms with Crippen LogP contribution in [-0.4, -0.2) is 35.3 Å². The molecule has 1 aliphatic heterocycles. The van der Waals surface area contributed by atoms with Gasteiger partial charge in [-0.25, -0.2) is 9.18 Å². The fourth-order valence-electron chi connectivity index (χ4n) is 2.41. The highest BCUT2D eigenvalue weighted by Gasteiger charge is 2.33. The molecule has 4 N–H and O–H groups in total. The summed E-state index contributed by atoms with van der Waals surface area (Å²) in [6.45, 7) is 3.71. The van der Waals surface area contributed by atoms with Gasteiger partial charge in [0.1, 0.15) is 11.9 Å². The summed E-state index contributed by atoms with van der Waals surface area (Å²) in [5.41, 5.74) is 5.45. The van der Waals surface area contributed by atoms with Crippen LogP contribution in [0.15, 0.2) is 30.9 Å². The Kier molecular flexibility index (Phi) is 4.95. The number of rotatable bonds is 4. The van der Waals surface area contributed by atoms with Gasteiger partial charge in [0.2, 0.25) is 11.8 Å². The second-order valence-electron chi connectivity index (χ2n) is 5.07. The quantitative estimate of drug-likeness (QED) is 0.731. The Hall–Kier alpha value is -2.90. The molecule has 122 valence electrons. The molecule has 0 aromatic heterocycles.